The van der Waals surface area contributed by atoms with E-state index in [0.717, 1.165) is 6.42 Å². The molecule has 0 bridgehead atoms. The molecule has 5 atom stereocenters. The van der Waals surface area contributed by atoms with Gasteiger partial charge in [-0.25, -0.2) is 4.79 Å². The van der Waals surface area contributed by atoms with E-state index in [1.165, 1.54) is 24.3 Å². The SMILES string of the molecule is CC[C@H](C)[C@H](NC(=O)[C@@H]1CCCN1)C(=O)N[C@@H](CO)C(=O)NCC(=O)NCC(=O)NCC(=O)N[C@@H](Cc1ccc(O)cc1)C(=O)O. The van der Waals surface area contributed by atoms with Crippen molar-refractivity contribution in [2.45, 2.75) is 63.7 Å². The van der Waals surface area contributed by atoms with Crippen molar-refractivity contribution in [1.29, 1.82) is 0 Å². The smallest absolute Gasteiger partial charge is 0.326 e. The number of aromatic hydroxyl groups is 1. The number of aliphatic hydroxyl groups is 1. The number of nitrogens with one attached hydrogen (secondary N) is 7. The summed E-state index contributed by atoms with van der Waals surface area (Å²) in [6, 6.07) is 1.68. The molecule has 0 aromatic heterocycles. The first-order chi connectivity index (χ1) is 21.8. The molecule has 0 saturated carbocycles. The number of amides is 6. The van der Waals surface area contributed by atoms with Crippen LogP contribution < -0.4 is 37.2 Å². The largest absolute Gasteiger partial charge is 0.508 e. The van der Waals surface area contributed by atoms with Gasteiger partial charge < -0.3 is 52.5 Å². The van der Waals surface area contributed by atoms with Gasteiger partial charge in [0.05, 0.1) is 32.3 Å². The quantitative estimate of drug-likeness (QED) is 0.0750. The Morgan fingerprint density at radius 2 is 1.46 bits per heavy atom. The third-order valence-corrected chi connectivity index (χ3v) is 7.31. The van der Waals surface area contributed by atoms with Gasteiger partial charge in [-0.2, -0.15) is 0 Å². The van der Waals surface area contributed by atoms with Crippen molar-refractivity contribution in [2.24, 2.45) is 5.92 Å². The van der Waals surface area contributed by atoms with Crippen molar-refractivity contribution in [3.05, 3.63) is 29.8 Å². The van der Waals surface area contributed by atoms with E-state index < -0.39 is 85.9 Å². The number of aliphatic hydroxyl groups excluding tert-OH is 1. The van der Waals surface area contributed by atoms with E-state index in [-0.39, 0.29) is 24.0 Å². The van der Waals surface area contributed by atoms with Gasteiger partial charge in [-0.05, 0) is 43.0 Å². The Labute approximate surface area is 265 Å². The predicted molar refractivity (Wildman–Crippen MR) is 162 cm³/mol. The number of phenols is 1. The van der Waals surface area contributed by atoms with Crippen LogP contribution in [0.2, 0.25) is 0 Å². The molecule has 254 valence electrons. The van der Waals surface area contributed by atoms with Gasteiger partial charge in [0.1, 0.15) is 23.9 Å². The molecule has 2 rings (SSSR count). The van der Waals surface area contributed by atoms with Crippen LogP contribution >= 0.6 is 0 Å². The Bertz CT molecular complexity index is 1240. The maximum atomic E-state index is 13.0. The fraction of sp³-hybridized carbons (Fsp3) is 0.552. The summed E-state index contributed by atoms with van der Waals surface area (Å²) in [7, 11) is 0. The summed E-state index contributed by atoms with van der Waals surface area (Å²) in [5.74, 6) is -5.81. The molecule has 1 aromatic carbocycles. The Morgan fingerprint density at radius 3 is 2.00 bits per heavy atom. The minimum Gasteiger partial charge on any atom is -0.508 e. The summed E-state index contributed by atoms with van der Waals surface area (Å²) in [4.78, 5) is 86.0. The lowest BCUT2D eigenvalue weighted by Crippen LogP contribution is -2.58. The average Bonchev–Trinajstić information content (AvgIpc) is 3.58. The van der Waals surface area contributed by atoms with Crippen molar-refractivity contribution < 1.29 is 48.9 Å². The fourth-order valence-corrected chi connectivity index (χ4v) is 4.41. The van der Waals surface area contributed by atoms with Crippen molar-refractivity contribution in [1.82, 2.24) is 37.2 Å². The number of benzene rings is 1. The first-order valence-corrected chi connectivity index (χ1v) is 14.9. The summed E-state index contributed by atoms with van der Waals surface area (Å²) < 4.78 is 0. The van der Waals surface area contributed by atoms with Crippen LogP contribution in [0.5, 0.6) is 5.75 Å². The minimum atomic E-state index is -1.42. The number of hydrogen-bond donors (Lipinski definition) is 10. The second-order valence-corrected chi connectivity index (χ2v) is 10.9. The number of carbonyl (C=O) groups is 7. The highest BCUT2D eigenvalue weighted by atomic mass is 16.4. The van der Waals surface area contributed by atoms with Crippen LogP contribution in [0.4, 0.5) is 0 Å². The Kier molecular flexibility index (Phi) is 15.4. The number of phenolic OH excluding ortho intramolecular Hbond substituents is 1. The van der Waals surface area contributed by atoms with E-state index in [9.17, 15) is 48.9 Å². The summed E-state index contributed by atoms with van der Waals surface area (Å²) in [5.41, 5.74) is 0.549. The van der Waals surface area contributed by atoms with Crippen molar-refractivity contribution in [3.8, 4) is 5.75 Å². The van der Waals surface area contributed by atoms with Crippen LogP contribution in [0.25, 0.3) is 0 Å². The third-order valence-electron chi connectivity index (χ3n) is 7.31. The van der Waals surface area contributed by atoms with Gasteiger partial charge in [-0.15, -0.1) is 0 Å². The zero-order valence-corrected chi connectivity index (χ0v) is 25.8. The molecule has 6 amide bonds. The summed E-state index contributed by atoms with van der Waals surface area (Å²) in [6.07, 6.45) is 1.96. The standard InChI is InChI=1S/C29H43N7O10/c1-3-16(2)25(36-27(43)19-5-4-10-30-19)28(44)35-21(15-37)26(42)33-13-23(40)31-12-22(39)32-14-24(41)34-20(29(45)46)11-17-6-8-18(38)9-7-17/h6-9,16,19-21,25,30,37-38H,3-5,10-15H2,1-2H3,(H,31,40)(H,32,39)(H,33,42)(H,34,41)(H,35,44)(H,36,43)(H,45,46)/t16-,19-,20-,21-,25-/m0/s1. The molecule has 1 aliphatic heterocycles. The van der Waals surface area contributed by atoms with Gasteiger partial charge in [0.15, 0.2) is 0 Å². The zero-order chi connectivity index (χ0) is 34.2. The number of rotatable bonds is 18. The van der Waals surface area contributed by atoms with E-state index in [2.05, 4.69) is 37.2 Å². The van der Waals surface area contributed by atoms with Crippen LogP contribution in [-0.4, -0.2) is 114 Å². The molecule has 17 nitrogen and oxygen atoms in total. The molecule has 1 saturated heterocycles. The van der Waals surface area contributed by atoms with Crippen molar-refractivity contribution in [2.75, 3.05) is 32.8 Å². The normalized spacial score (nSPS) is 16.5. The van der Waals surface area contributed by atoms with Gasteiger partial charge in [0.2, 0.25) is 35.4 Å². The van der Waals surface area contributed by atoms with Crippen molar-refractivity contribution in [3.63, 3.8) is 0 Å². The van der Waals surface area contributed by atoms with Gasteiger partial charge >= 0.3 is 5.97 Å². The Balaban J connectivity index is 1.75. The van der Waals surface area contributed by atoms with Crippen molar-refractivity contribution >= 4 is 41.4 Å². The molecule has 1 aromatic rings. The highest BCUT2D eigenvalue weighted by molar-refractivity contribution is 5.95. The van der Waals surface area contributed by atoms with E-state index >= 15 is 0 Å². The molecular formula is C29H43N7O10. The summed E-state index contributed by atoms with van der Waals surface area (Å²) in [6.45, 7) is 1.77. The molecule has 17 heteroatoms. The monoisotopic (exact) mass is 649 g/mol. The second kappa shape index (κ2) is 18.9. The fourth-order valence-electron chi connectivity index (χ4n) is 4.41. The topological polar surface area (TPSA) is 264 Å². The molecule has 46 heavy (non-hydrogen) atoms. The van der Waals surface area contributed by atoms with Crippen LogP contribution in [0.1, 0.15) is 38.7 Å². The number of hydrogen-bond acceptors (Lipinski definition) is 10. The van der Waals surface area contributed by atoms with Gasteiger partial charge in [-0.1, -0.05) is 32.4 Å². The van der Waals surface area contributed by atoms with E-state index in [4.69, 9.17) is 0 Å². The molecule has 0 radical (unpaired) electrons. The maximum Gasteiger partial charge on any atom is 0.326 e. The summed E-state index contributed by atoms with van der Waals surface area (Å²) in [5, 5.41) is 45.6. The van der Waals surface area contributed by atoms with Crippen LogP contribution in [0, 0.1) is 5.92 Å². The lowest BCUT2D eigenvalue weighted by Gasteiger charge is -2.27. The van der Waals surface area contributed by atoms with E-state index in [1.54, 1.807) is 6.92 Å². The lowest BCUT2D eigenvalue weighted by molar-refractivity contribution is -0.141. The second-order valence-electron chi connectivity index (χ2n) is 10.9. The molecule has 0 unspecified atom stereocenters. The molecular weight excluding hydrogens is 606 g/mol. The average molecular weight is 650 g/mol. The van der Waals surface area contributed by atoms with Crippen LogP contribution in [0.15, 0.2) is 24.3 Å². The number of carbonyl (C=O) groups excluding carboxylic acids is 6. The molecule has 10 N–H and O–H groups in total. The number of carboxylic acids is 1. The zero-order valence-electron chi connectivity index (χ0n) is 25.8. The summed E-state index contributed by atoms with van der Waals surface area (Å²) >= 11 is 0. The van der Waals surface area contributed by atoms with Gasteiger partial charge in [-0.3, -0.25) is 28.8 Å². The maximum absolute atomic E-state index is 13.0. The predicted octanol–water partition coefficient (Wildman–Crippen LogP) is -3.39. The van der Waals surface area contributed by atoms with Gasteiger partial charge in [0.25, 0.3) is 0 Å². The first-order valence-electron chi connectivity index (χ1n) is 14.9. The number of aliphatic carboxylic acids is 1. The Morgan fingerprint density at radius 1 is 0.848 bits per heavy atom. The molecule has 0 aliphatic carbocycles. The molecule has 1 aliphatic rings. The molecule has 1 fully saturated rings. The van der Waals surface area contributed by atoms with E-state index in [1.807, 2.05) is 6.92 Å². The highest BCUT2D eigenvalue weighted by Crippen LogP contribution is 2.12. The third kappa shape index (κ3) is 12.7. The highest BCUT2D eigenvalue weighted by Gasteiger charge is 2.32. The lowest BCUT2D eigenvalue weighted by atomic mass is 9.97. The van der Waals surface area contributed by atoms with E-state index in [0.29, 0.717) is 24.9 Å². The van der Waals surface area contributed by atoms with Crippen LogP contribution in [0.3, 0.4) is 0 Å². The molecule has 0 spiro atoms. The molecule has 1 heterocycles. The first kappa shape index (κ1) is 37.4. The van der Waals surface area contributed by atoms with Crippen LogP contribution in [-0.2, 0) is 40.0 Å². The van der Waals surface area contributed by atoms with Gasteiger partial charge in [0, 0.05) is 6.42 Å². The Hall–Kier alpha value is -4.77. The number of carboxylic acid groups (broad SMARTS) is 1. The minimum absolute atomic E-state index is 0.000691.